The number of Topliss-reactive ketones (excluding diaryl/α,β-unsaturated/α-hetero) is 1. The van der Waals surface area contributed by atoms with Crippen molar-refractivity contribution in [2.45, 2.75) is 26.2 Å². The van der Waals surface area contributed by atoms with Gasteiger partial charge >= 0.3 is 0 Å². The van der Waals surface area contributed by atoms with Crippen LogP contribution in [0.1, 0.15) is 35.3 Å². The molecule has 28 heavy (non-hydrogen) atoms. The maximum Gasteiger partial charge on any atom is 0.295 e. The van der Waals surface area contributed by atoms with Crippen LogP contribution < -0.4 is 0 Å². The van der Waals surface area contributed by atoms with Crippen molar-refractivity contribution in [3.63, 3.8) is 0 Å². The highest BCUT2D eigenvalue weighted by molar-refractivity contribution is 6.42. The van der Waals surface area contributed by atoms with Gasteiger partial charge in [-0.05, 0) is 26.3 Å². The molecule has 1 aliphatic heterocycles. The van der Waals surface area contributed by atoms with Crippen molar-refractivity contribution in [3.05, 3.63) is 71.3 Å². The highest BCUT2D eigenvalue weighted by Gasteiger charge is 2.36. The molecular formula is C23H26N2O3. The van der Waals surface area contributed by atoms with Crippen molar-refractivity contribution in [2.24, 2.45) is 0 Å². The van der Waals surface area contributed by atoms with Crippen LogP contribution in [0.4, 0.5) is 0 Å². The molecule has 2 aromatic rings. The number of carbonyl (C=O) groups excluding carboxylic acids is 3. The number of carbonyl (C=O) groups is 3. The SMILES string of the molecule is Cc1ccc(C(=O)C(=O)N2CCN(C(=O)C(C)(C)c3ccccc3)CC2)cc1. The van der Waals surface area contributed by atoms with Gasteiger partial charge in [-0.25, -0.2) is 0 Å². The fourth-order valence-corrected chi connectivity index (χ4v) is 3.46. The van der Waals surface area contributed by atoms with Crippen molar-refractivity contribution < 1.29 is 14.4 Å². The van der Waals surface area contributed by atoms with E-state index in [2.05, 4.69) is 0 Å². The molecule has 1 aliphatic rings. The van der Waals surface area contributed by atoms with E-state index >= 15 is 0 Å². The van der Waals surface area contributed by atoms with Crippen LogP contribution in [-0.2, 0) is 15.0 Å². The number of amides is 2. The lowest BCUT2D eigenvalue weighted by molar-refractivity contribution is -0.141. The van der Waals surface area contributed by atoms with Crippen molar-refractivity contribution in [1.82, 2.24) is 9.80 Å². The van der Waals surface area contributed by atoms with Crippen LogP contribution in [-0.4, -0.2) is 53.6 Å². The summed E-state index contributed by atoms with van der Waals surface area (Å²) in [4.78, 5) is 41.4. The number of rotatable bonds is 4. The van der Waals surface area contributed by atoms with Gasteiger partial charge in [-0.3, -0.25) is 14.4 Å². The summed E-state index contributed by atoms with van der Waals surface area (Å²) in [6.07, 6.45) is 0. The first-order valence-electron chi connectivity index (χ1n) is 9.56. The van der Waals surface area contributed by atoms with E-state index < -0.39 is 17.1 Å². The number of nitrogens with zero attached hydrogens (tertiary/aromatic N) is 2. The van der Waals surface area contributed by atoms with Crippen molar-refractivity contribution in [1.29, 1.82) is 0 Å². The van der Waals surface area contributed by atoms with E-state index in [4.69, 9.17) is 0 Å². The first kappa shape index (κ1) is 19.8. The van der Waals surface area contributed by atoms with E-state index in [1.54, 1.807) is 21.9 Å². The molecule has 0 N–H and O–H groups in total. The number of ketones is 1. The number of aryl methyl sites for hydroxylation is 1. The molecule has 146 valence electrons. The van der Waals surface area contributed by atoms with Gasteiger partial charge in [-0.1, -0.05) is 60.2 Å². The molecule has 1 saturated heterocycles. The van der Waals surface area contributed by atoms with Gasteiger partial charge in [0.25, 0.3) is 5.91 Å². The molecule has 0 aromatic heterocycles. The maximum atomic E-state index is 13.0. The fourth-order valence-electron chi connectivity index (χ4n) is 3.46. The molecule has 0 radical (unpaired) electrons. The smallest absolute Gasteiger partial charge is 0.295 e. The highest BCUT2D eigenvalue weighted by atomic mass is 16.2. The lowest BCUT2D eigenvalue weighted by Gasteiger charge is -2.38. The Bertz CT molecular complexity index is 864. The van der Waals surface area contributed by atoms with E-state index in [0.29, 0.717) is 31.7 Å². The van der Waals surface area contributed by atoms with Gasteiger partial charge in [0, 0.05) is 31.7 Å². The Morgan fingerprint density at radius 1 is 0.786 bits per heavy atom. The van der Waals surface area contributed by atoms with E-state index in [0.717, 1.165) is 11.1 Å². The van der Waals surface area contributed by atoms with Crippen LogP contribution >= 0.6 is 0 Å². The predicted molar refractivity (Wildman–Crippen MR) is 108 cm³/mol. The maximum absolute atomic E-state index is 13.0. The van der Waals surface area contributed by atoms with Gasteiger partial charge in [-0.2, -0.15) is 0 Å². The average Bonchev–Trinajstić information content (AvgIpc) is 2.73. The zero-order valence-corrected chi connectivity index (χ0v) is 16.6. The Hall–Kier alpha value is -2.95. The van der Waals surface area contributed by atoms with Crippen molar-refractivity contribution in [2.75, 3.05) is 26.2 Å². The zero-order valence-electron chi connectivity index (χ0n) is 16.6. The van der Waals surface area contributed by atoms with Crippen LogP contribution in [0.15, 0.2) is 54.6 Å². The minimum atomic E-state index is -0.634. The number of hydrogen-bond acceptors (Lipinski definition) is 3. The summed E-state index contributed by atoms with van der Waals surface area (Å²) in [5, 5.41) is 0. The van der Waals surface area contributed by atoms with Gasteiger partial charge in [0.15, 0.2) is 0 Å². The molecule has 2 amide bonds. The Labute approximate surface area is 166 Å². The normalized spacial score (nSPS) is 14.7. The molecule has 0 unspecified atom stereocenters. The first-order valence-corrected chi connectivity index (χ1v) is 9.56. The van der Waals surface area contributed by atoms with E-state index in [-0.39, 0.29) is 5.91 Å². The van der Waals surface area contributed by atoms with Crippen LogP contribution in [0.3, 0.4) is 0 Å². The molecule has 0 aliphatic carbocycles. The zero-order chi connectivity index (χ0) is 20.3. The molecule has 5 heteroatoms. The van der Waals surface area contributed by atoms with Crippen molar-refractivity contribution >= 4 is 17.6 Å². The van der Waals surface area contributed by atoms with Crippen LogP contribution in [0.25, 0.3) is 0 Å². The summed E-state index contributed by atoms with van der Waals surface area (Å²) in [6.45, 7) is 7.37. The quantitative estimate of drug-likeness (QED) is 0.607. The molecule has 0 spiro atoms. The summed E-state index contributed by atoms with van der Waals surface area (Å²) >= 11 is 0. The Balaban J connectivity index is 1.62. The molecule has 1 heterocycles. The summed E-state index contributed by atoms with van der Waals surface area (Å²) in [6, 6.07) is 16.7. The topological polar surface area (TPSA) is 57.7 Å². The van der Waals surface area contributed by atoms with Crippen LogP contribution in [0.5, 0.6) is 0 Å². The van der Waals surface area contributed by atoms with Gasteiger partial charge in [0.1, 0.15) is 0 Å². The highest BCUT2D eigenvalue weighted by Crippen LogP contribution is 2.26. The largest absolute Gasteiger partial charge is 0.338 e. The second-order valence-electron chi connectivity index (χ2n) is 7.77. The molecular weight excluding hydrogens is 352 g/mol. The van der Waals surface area contributed by atoms with Gasteiger partial charge in [0.2, 0.25) is 11.7 Å². The van der Waals surface area contributed by atoms with E-state index in [9.17, 15) is 14.4 Å². The third-order valence-electron chi connectivity index (χ3n) is 5.39. The lowest BCUT2D eigenvalue weighted by Crippen LogP contribution is -2.55. The Morgan fingerprint density at radius 2 is 1.32 bits per heavy atom. The molecule has 0 saturated carbocycles. The number of benzene rings is 2. The average molecular weight is 378 g/mol. The second-order valence-corrected chi connectivity index (χ2v) is 7.77. The first-order chi connectivity index (χ1) is 13.3. The molecule has 3 rings (SSSR count). The van der Waals surface area contributed by atoms with Gasteiger partial charge in [-0.15, -0.1) is 0 Å². The van der Waals surface area contributed by atoms with E-state index in [1.807, 2.05) is 63.2 Å². The summed E-state index contributed by atoms with van der Waals surface area (Å²) < 4.78 is 0. The molecule has 1 fully saturated rings. The fraction of sp³-hybridized carbons (Fsp3) is 0.348. The predicted octanol–water partition coefficient (Wildman–Crippen LogP) is 2.83. The number of hydrogen-bond donors (Lipinski definition) is 0. The van der Waals surface area contributed by atoms with Crippen LogP contribution in [0.2, 0.25) is 0 Å². The standard InChI is InChI=1S/C23H26N2O3/c1-17-9-11-18(12-10-17)20(26)21(27)24-13-15-25(16-14-24)22(28)23(2,3)19-7-5-4-6-8-19/h4-12H,13-16H2,1-3H3. The second kappa shape index (κ2) is 7.97. The lowest BCUT2D eigenvalue weighted by atomic mass is 9.83. The summed E-state index contributed by atoms with van der Waals surface area (Å²) in [5.74, 6) is -0.960. The van der Waals surface area contributed by atoms with Gasteiger partial charge < -0.3 is 9.80 Å². The molecule has 0 atom stereocenters. The summed E-state index contributed by atoms with van der Waals surface area (Å²) in [7, 11) is 0. The van der Waals surface area contributed by atoms with Crippen LogP contribution in [0, 0.1) is 6.92 Å². The molecule has 0 bridgehead atoms. The van der Waals surface area contributed by atoms with E-state index in [1.165, 1.54) is 0 Å². The van der Waals surface area contributed by atoms with Gasteiger partial charge in [0.05, 0.1) is 5.41 Å². The Kier molecular flexibility index (Phi) is 5.63. The minimum Gasteiger partial charge on any atom is -0.338 e. The third-order valence-corrected chi connectivity index (χ3v) is 5.39. The minimum absolute atomic E-state index is 0.0376. The summed E-state index contributed by atoms with van der Waals surface area (Å²) in [5.41, 5.74) is 1.77. The third kappa shape index (κ3) is 3.98. The molecule has 5 nitrogen and oxygen atoms in total. The van der Waals surface area contributed by atoms with Crippen molar-refractivity contribution in [3.8, 4) is 0 Å². The molecule has 2 aromatic carbocycles. The number of piperazine rings is 1. The Morgan fingerprint density at radius 3 is 1.89 bits per heavy atom. The monoisotopic (exact) mass is 378 g/mol.